The van der Waals surface area contributed by atoms with Gasteiger partial charge in [0, 0.05) is 18.2 Å². The van der Waals surface area contributed by atoms with Gasteiger partial charge in [0.1, 0.15) is 5.54 Å². The average molecular weight is 229 g/mol. The molecule has 0 saturated carbocycles. The van der Waals surface area contributed by atoms with Crippen LogP contribution in [0.4, 0.5) is 5.69 Å². The lowest BCUT2D eigenvalue weighted by Gasteiger charge is -2.40. The van der Waals surface area contributed by atoms with E-state index in [0.717, 1.165) is 31.6 Å². The maximum absolute atomic E-state index is 9.56. The zero-order chi connectivity index (χ0) is 12.1. The molecule has 2 atom stereocenters. The molecule has 1 saturated heterocycles. The number of hydrogen-bond acceptors (Lipinski definition) is 3. The van der Waals surface area contributed by atoms with Crippen LogP contribution in [0.2, 0.25) is 0 Å². The first-order valence-corrected chi connectivity index (χ1v) is 6.26. The molecule has 1 aliphatic rings. The highest BCUT2D eigenvalue weighted by Crippen LogP contribution is 2.30. The zero-order valence-corrected chi connectivity index (χ0v) is 10.2. The Hall–Kier alpha value is -1.53. The van der Waals surface area contributed by atoms with Gasteiger partial charge in [-0.25, -0.2) is 0 Å². The summed E-state index contributed by atoms with van der Waals surface area (Å²) in [7, 11) is 0. The topological polar surface area (TPSA) is 47.9 Å². The molecule has 1 aromatic rings. The molecule has 1 aliphatic heterocycles. The highest BCUT2D eigenvalue weighted by atomic mass is 15.0. The van der Waals surface area contributed by atoms with Gasteiger partial charge in [-0.2, -0.15) is 5.26 Å². The molecule has 0 bridgehead atoms. The Morgan fingerprint density at radius 2 is 2.24 bits per heavy atom. The lowest BCUT2D eigenvalue weighted by molar-refractivity contribution is 0.276. The van der Waals surface area contributed by atoms with E-state index in [4.69, 9.17) is 0 Å². The largest absolute Gasteiger partial charge is 0.367 e. The second kappa shape index (κ2) is 5.20. The summed E-state index contributed by atoms with van der Waals surface area (Å²) in [6.45, 7) is 3.98. The fourth-order valence-corrected chi connectivity index (χ4v) is 2.55. The van der Waals surface area contributed by atoms with E-state index in [1.807, 2.05) is 30.3 Å². The number of anilines is 1. The second-order valence-electron chi connectivity index (χ2n) is 4.63. The molecule has 0 aliphatic carbocycles. The van der Waals surface area contributed by atoms with E-state index in [1.165, 1.54) is 0 Å². The normalized spacial score (nSPS) is 28.4. The van der Waals surface area contributed by atoms with Crippen molar-refractivity contribution in [1.82, 2.24) is 5.32 Å². The van der Waals surface area contributed by atoms with Gasteiger partial charge in [-0.15, -0.1) is 0 Å². The van der Waals surface area contributed by atoms with Crippen LogP contribution >= 0.6 is 0 Å². The summed E-state index contributed by atoms with van der Waals surface area (Å²) in [4.78, 5) is 0. The number of benzene rings is 1. The molecular weight excluding hydrogens is 210 g/mol. The number of nitriles is 1. The lowest BCUT2D eigenvalue weighted by atomic mass is 9.78. The monoisotopic (exact) mass is 229 g/mol. The Labute approximate surface area is 103 Å². The molecular formula is C14H19N3. The van der Waals surface area contributed by atoms with Crippen LogP contribution in [0, 0.1) is 17.2 Å². The van der Waals surface area contributed by atoms with E-state index in [9.17, 15) is 5.26 Å². The first-order chi connectivity index (χ1) is 8.30. The summed E-state index contributed by atoms with van der Waals surface area (Å²) in [6.07, 6.45) is 1.87. The van der Waals surface area contributed by atoms with Crippen LogP contribution in [-0.4, -0.2) is 18.6 Å². The Balaban J connectivity index is 2.21. The Kier molecular flexibility index (Phi) is 3.65. The minimum Gasteiger partial charge on any atom is -0.367 e. The Bertz CT molecular complexity index is 396. The SMILES string of the molecule is CCC1CNCCC1(C#N)Nc1ccccc1. The van der Waals surface area contributed by atoms with Gasteiger partial charge in [0.2, 0.25) is 0 Å². The van der Waals surface area contributed by atoms with Crippen LogP contribution in [-0.2, 0) is 0 Å². The fourth-order valence-electron chi connectivity index (χ4n) is 2.55. The maximum Gasteiger partial charge on any atom is 0.130 e. The molecule has 17 heavy (non-hydrogen) atoms. The molecule has 0 radical (unpaired) electrons. The number of piperidine rings is 1. The molecule has 1 fully saturated rings. The van der Waals surface area contributed by atoms with Crippen molar-refractivity contribution in [2.75, 3.05) is 18.4 Å². The number of rotatable bonds is 3. The quantitative estimate of drug-likeness (QED) is 0.836. The van der Waals surface area contributed by atoms with Crippen LogP contribution in [0.3, 0.4) is 0 Å². The molecule has 0 amide bonds. The van der Waals surface area contributed by atoms with Crippen LogP contribution in [0.1, 0.15) is 19.8 Å². The van der Waals surface area contributed by atoms with Crippen molar-refractivity contribution in [2.45, 2.75) is 25.3 Å². The molecule has 2 N–H and O–H groups in total. The third kappa shape index (κ3) is 2.42. The molecule has 1 heterocycles. The summed E-state index contributed by atoms with van der Waals surface area (Å²) in [5, 5.41) is 16.4. The van der Waals surface area contributed by atoms with Gasteiger partial charge in [0.15, 0.2) is 0 Å². The van der Waals surface area contributed by atoms with E-state index in [2.05, 4.69) is 23.6 Å². The number of hydrogen-bond donors (Lipinski definition) is 2. The van der Waals surface area contributed by atoms with Gasteiger partial charge in [-0.3, -0.25) is 0 Å². The molecule has 90 valence electrons. The van der Waals surface area contributed by atoms with E-state index < -0.39 is 5.54 Å². The third-order valence-corrected chi connectivity index (χ3v) is 3.62. The van der Waals surface area contributed by atoms with Crippen LogP contribution in [0.25, 0.3) is 0 Å². The van der Waals surface area contributed by atoms with E-state index in [1.54, 1.807) is 0 Å². The standard InChI is InChI=1S/C14H19N3/c1-2-12-10-16-9-8-14(12,11-15)17-13-6-4-3-5-7-13/h3-7,12,16-17H,2,8-10H2,1H3. The number of nitrogens with one attached hydrogen (secondary N) is 2. The van der Waals surface area contributed by atoms with Crippen molar-refractivity contribution in [3.63, 3.8) is 0 Å². The van der Waals surface area contributed by atoms with Crippen molar-refractivity contribution in [2.24, 2.45) is 5.92 Å². The van der Waals surface area contributed by atoms with Gasteiger partial charge in [0.25, 0.3) is 0 Å². The predicted octanol–water partition coefficient (Wildman–Crippen LogP) is 2.38. The predicted molar refractivity (Wildman–Crippen MR) is 69.7 cm³/mol. The molecule has 0 spiro atoms. The van der Waals surface area contributed by atoms with Crippen LogP contribution in [0.5, 0.6) is 0 Å². The van der Waals surface area contributed by atoms with Crippen molar-refractivity contribution in [1.29, 1.82) is 5.26 Å². The summed E-state index contributed by atoms with van der Waals surface area (Å²) < 4.78 is 0. The first kappa shape index (κ1) is 11.9. The summed E-state index contributed by atoms with van der Waals surface area (Å²) in [5.74, 6) is 0.362. The van der Waals surface area contributed by atoms with Gasteiger partial charge >= 0.3 is 0 Å². The van der Waals surface area contributed by atoms with E-state index >= 15 is 0 Å². The van der Waals surface area contributed by atoms with Crippen molar-refractivity contribution < 1.29 is 0 Å². The summed E-state index contributed by atoms with van der Waals surface area (Å²) in [5.41, 5.74) is 0.621. The van der Waals surface area contributed by atoms with Crippen molar-refractivity contribution in [3.8, 4) is 6.07 Å². The molecule has 3 heteroatoms. The second-order valence-corrected chi connectivity index (χ2v) is 4.63. The fraction of sp³-hybridized carbons (Fsp3) is 0.500. The Morgan fingerprint density at radius 3 is 2.88 bits per heavy atom. The van der Waals surface area contributed by atoms with Gasteiger partial charge in [-0.1, -0.05) is 25.1 Å². The van der Waals surface area contributed by atoms with Gasteiger partial charge in [-0.05, 0) is 31.5 Å². The minimum atomic E-state index is -0.415. The number of nitrogens with zero attached hydrogens (tertiary/aromatic N) is 1. The van der Waals surface area contributed by atoms with Crippen molar-refractivity contribution >= 4 is 5.69 Å². The molecule has 2 rings (SSSR count). The molecule has 0 aromatic heterocycles. The smallest absolute Gasteiger partial charge is 0.130 e. The molecule has 1 aromatic carbocycles. The third-order valence-electron chi connectivity index (χ3n) is 3.62. The molecule has 2 unspecified atom stereocenters. The van der Waals surface area contributed by atoms with Gasteiger partial charge < -0.3 is 10.6 Å². The van der Waals surface area contributed by atoms with E-state index in [0.29, 0.717) is 5.92 Å². The highest BCUT2D eigenvalue weighted by Gasteiger charge is 2.40. The summed E-state index contributed by atoms with van der Waals surface area (Å²) >= 11 is 0. The number of para-hydroxylation sites is 1. The van der Waals surface area contributed by atoms with Crippen LogP contribution < -0.4 is 10.6 Å². The zero-order valence-electron chi connectivity index (χ0n) is 10.2. The molecule has 3 nitrogen and oxygen atoms in total. The van der Waals surface area contributed by atoms with Gasteiger partial charge in [0.05, 0.1) is 6.07 Å². The lowest BCUT2D eigenvalue weighted by Crippen LogP contribution is -2.54. The van der Waals surface area contributed by atoms with E-state index in [-0.39, 0.29) is 0 Å². The van der Waals surface area contributed by atoms with Crippen molar-refractivity contribution in [3.05, 3.63) is 30.3 Å². The highest BCUT2D eigenvalue weighted by molar-refractivity contribution is 5.48. The van der Waals surface area contributed by atoms with Crippen LogP contribution in [0.15, 0.2) is 30.3 Å². The maximum atomic E-state index is 9.56. The summed E-state index contributed by atoms with van der Waals surface area (Å²) in [6, 6.07) is 12.5. The average Bonchev–Trinajstić information content (AvgIpc) is 2.40. The minimum absolute atomic E-state index is 0.362. The Morgan fingerprint density at radius 1 is 1.47 bits per heavy atom. The first-order valence-electron chi connectivity index (χ1n) is 6.26.